The van der Waals surface area contributed by atoms with Gasteiger partial charge >= 0.3 is 11.8 Å². The minimum atomic E-state index is -3.21. The van der Waals surface area contributed by atoms with Crippen molar-refractivity contribution in [2.24, 2.45) is 0 Å². The fraction of sp³-hybridized carbons (Fsp3) is 0.368. The number of fused-ring (bicyclic) bond motifs is 1. The first-order chi connectivity index (χ1) is 13.3. The van der Waals surface area contributed by atoms with Crippen LogP contribution in [-0.2, 0) is 24.2 Å². The maximum atomic E-state index is 12.8. The highest BCUT2D eigenvalue weighted by Crippen LogP contribution is 2.30. The van der Waals surface area contributed by atoms with Crippen molar-refractivity contribution < 1.29 is 27.9 Å². The maximum absolute atomic E-state index is 12.8. The quantitative estimate of drug-likeness (QED) is 0.720. The van der Waals surface area contributed by atoms with Crippen molar-refractivity contribution in [3.8, 4) is 5.75 Å². The fourth-order valence-corrected chi connectivity index (χ4v) is 5.10. The van der Waals surface area contributed by atoms with Crippen LogP contribution in [0, 0.1) is 0 Å². The number of carbonyl (C=O) groups excluding carboxylic acids is 2. The number of rotatable bonds is 5. The molecule has 0 saturated carbocycles. The minimum absolute atomic E-state index is 0.00134. The molecule has 28 heavy (non-hydrogen) atoms. The third kappa shape index (κ3) is 4.26. The van der Waals surface area contributed by atoms with E-state index in [1.54, 1.807) is 30.3 Å². The number of anilines is 1. The van der Waals surface area contributed by atoms with Gasteiger partial charge in [-0.3, -0.25) is 9.59 Å². The van der Waals surface area contributed by atoms with E-state index in [4.69, 9.17) is 4.74 Å². The number of nitrogens with zero attached hydrogens (tertiary/aromatic N) is 1. The largest absolute Gasteiger partial charge is 0.507 e. The summed E-state index contributed by atoms with van der Waals surface area (Å²) in [7, 11) is -1.74. The number of carbonyl (C=O) groups is 2. The summed E-state index contributed by atoms with van der Waals surface area (Å²) in [6.07, 6.45) is 0.299. The predicted octanol–water partition coefficient (Wildman–Crippen LogP) is 1.15. The zero-order valence-electron chi connectivity index (χ0n) is 15.4. The van der Waals surface area contributed by atoms with Crippen LogP contribution >= 0.6 is 0 Å². The van der Waals surface area contributed by atoms with E-state index in [9.17, 15) is 23.1 Å². The lowest BCUT2D eigenvalue weighted by Gasteiger charge is -2.27. The molecule has 1 atom stereocenters. The molecule has 3 rings (SSSR count). The van der Waals surface area contributed by atoms with Crippen molar-refractivity contribution in [2.75, 3.05) is 37.1 Å². The Kier molecular flexibility index (Phi) is 5.85. The average Bonchev–Trinajstić information content (AvgIpc) is 3.02. The lowest BCUT2D eigenvalue weighted by molar-refractivity contribution is -0.144. The van der Waals surface area contributed by atoms with Crippen LogP contribution in [0.3, 0.4) is 0 Å². The van der Waals surface area contributed by atoms with Gasteiger partial charge in [-0.15, -0.1) is 0 Å². The zero-order valence-corrected chi connectivity index (χ0v) is 16.2. The molecule has 1 aliphatic rings. The fourth-order valence-electron chi connectivity index (χ4n) is 3.37. The van der Waals surface area contributed by atoms with Gasteiger partial charge in [0.05, 0.1) is 18.1 Å². The third-order valence-corrected chi connectivity index (χ3v) is 6.54. The number of benzene rings is 2. The van der Waals surface area contributed by atoms with Crippen LogP contribution < -0.4 is 5.32 Å². The Morgan fingerprint density at radius 2 is 1.93 bits per heavy atom. The van der Waals surface area contributed by atoms with E-state index >= 15 is 0 Å². The molecule has 0 aromatic heterocycles. The van der Waals surface area contributed by atoms with Gasteiger partial charge in [-0.25, -0.2) is 8.42 Å². The Labute approximate surface area is 163 Å². The van der Waals surface area contributed by atoms with E-state index in [1.807, 2.05) is 0 Å². The van der Waals surface area contributed by atoms with Crippen molar-refractivity contribution in [1.29, 1.82) is 0 Å². The minimum Gasteiger partial charge on any atom is -0.507 e. The van der Waals surface area contributed by atoms with Crippen LogP contribution in [0.5, 0.6) is 5.75 Å². The molecule has 1 aliphatic heterocycles. The van der Waals surface area contributed by atoms with Crippen molar-refractivity contribution in [1.82, 2.24) is 4.90 Å². The SMILES string of the molecule is COCCN(C(=O)C(=O)Nc1cccc2c(O)cccc12)C1CCS(=O)(=O)C1. The van der Waals surface area contributed by atoms with E-state index in [2.05, 4.69) is 5.32 Å². The first-order valence-electron chi connectivity index (χ1n) is 8.84. The molecule has 0 spiro atoms. The van der Waals surface area contributed by atoms with Crippen LogP contribution in [0.1, 0.15) is 6.42 Å². The predicted molar refractivity (Wildman–Crippen MR) is 105 cm³/mol. The molecule has 2 aromatic carbocycles. The van der Waals surface area contributed by atoms with E-state index < -0.39 is 27.7 Å². The topological polar surface area (TPSA) is 113 Å². The van der Waals surface area contributed by atoms with Gasteiger partial charge < -0.3 is 20.1 Å². The number of hydrogen-bond acceptors (Lipinski definition) is 6. The third-order valence-electron chi connectivity index (χ3n) is 4.79. The lowest BCUT2D eigenvalue weighted by atomic mass is 10.1. The molecule has 2 aromatic rings. The van der Waals surface area contributed by atoms with Gasteiger partial charge in [-0.2, -0.15) is 0 Å². The number of methoxy groups -OCH3 is 1. The Morgan fingerprint density at radius 3 is 2.61 bits per heavy atom. The van der Waals surface area contributed by atoms with Crippen LogP contribution in [0.4, 0.5) is 5.69 Å². The highest BCUT2D eigenvalue weighted by atomic mass is 32.2. The van der Waals surface area contributed by atoms with Crippen molar-refractivity contribution >= 4 is 38.1 Å². The van der Waals surface area contributed by atoms with Crippen LogP contribution in [0.25, 0.3) is 10.8 Å². The van der Waals surface area contributed by atoms with Crippen LogP contribution in [0.15, 0.2) is 36.4 Å². The van der Waals surface area contributed by atoms with E-state index in [1.165, 1.54) is 18.1 Å². The lowest BCUT2D eigenvalue weighted by Crippen LogP contribution is -2.48. The Balaban J connectivity index is 1.82. The molecule has 9 heteroatoms. The molecule has 2 N–H and O–H groups in total. The summed E-state index contributed by atoms with van der Waals surface area (Å²) in [4.78, 5) is 26.6. The van der Waals surface area contributed by atoms with E-state index in [0.717, 1.165) is 0 Å². The molecule has 0 aliphatic carbocycles. The number of aromatic hydroxyl groups is 1. The molecule has 1 fully saturated rings. The number of phenols is 1. The van der Waals surface area contributed by atoms with Gasteiger partial charge in [0.25, 0.3) is 0 Å². The normalized spacial score (nSPS) is 18.1. The Bertz CT molecular complexity index is 1000. The number of sulfone groups is 1. The molecule has 1 heterocycles. The zero-order chi connectivity index (χ0) is 20.3. The van der Waals surface area contributed by atoms with Gasteiger partial charge in [-0.05, 0) is 18.6 Å². The molecular weight excluding hydrogens is 384 g/mol. The first-order valence-corrected chi connectivity index (χ1v) is 10.7. The highest BCUT2D eigenvalue weighted by Gasteiger charge is 2.36. The second kappa shape index (κ2) is 8.15. The average molecular weight is 406 g/mol. The summed E-state index contributed by atoms with van der Waals surface area (Å²) in [5.41, 5.74) is 0.387. The van der Waals surface area contributed by atoms with E-state index in [0.29, 0.717) is 22.9 Å². The number of phenolic OH excluding ortho intramolecular Hbond substituents is 1. The van der Waals surface area contributed by atoms with Crippen molar-refractivity contribution in [3.63, 3.8) is 0 Å². The number of hydrogen-bond donors (Lipinski definition) is 2. The molecule has 2 amide bonds. The molecule has 1 unspecified atom stereocenters. The highest BCUT2D eigenvalue weighted by molar-refractivity contribution is 7.91. The summed E-state index contributed by atoms with van der Waals surface area (Å²) < 4.78 is 28.6. The maximum Gasteiger partial charge on any atom is 0.313 e. The van der Waals surface area contributed by atoms with Crippen LogP contribution in [-0.4, -0.2) is 68.0 Å². The van der Waals surface area contributed by atoms with Crippen molar-refractivity contribution in [3.05, 3.63) is 36.4 Å². The standard InChI is InChI=1S/C19H22N2O6S/c1-27-10-9-21(13-8-11-28(25,26)12-13)19(24)18(23)20-16-6-2-5-15-14(16)4-3-7-17(15)22/h2-7,13,22H,8-12H2,1H3,(H,20,23). The van der Waals surface area contributed by atoms with Gasteiger partial charge in [0.1, 0.15) is 5.75 Å². The molecule has 1 saturated heterocycles. The smallest absolute Gasteiger partial charge is 0.313 e. The summed E-state index contributed by atoms with van der Waals surface area (Å²) >= 11 is 0. The van der Waals surface area contributed by atoms with E-state index in [-0.39, 0.29) is 30.4 Å². The number of amides is 2. The molecule has 0 radical (unpaired) electrons. The summed E-state index contributed by atoms with van der Waals surface area (Å²) in [5, 5.41) is 13.7. The van der Waals surface area contributed by atoms with Crippen LogP contribution in [0.2, 0.25) is 0 Å². The monoisotopic (exact) mass is 406 g/mol. The molecule has 0 bridgehead atoms. The van der Waals surface area contributed by atoms with Gasteiger partial charge in [0.15, 0.2) is 9.84 Å². The first kappa shape index (κ1) is 20.1. The number of nitrogens with one attached hydrogen (secondary N) is 1. The van der Waals surface area contributed by atoms with Gasteiger partial charge in [0, 0.05) is 36.2 Å². The molecular formula is C19H22N2O6S. The summed E-state index contributed by atoms with van der Waals surface area (Å²) in [5.74, 6) is -1.76. The Hall–Kier alpha value is -2.65. The second-order valence-corrected chi connectivity index (χ2v) is 8.91. The van der Waals surface area contributed by atoms with Gasteiger partial charge in [0.2, 0.25) is 0 Å². The Morgan fingerprint density at radius 1 is 1.21 bits per heavy atom. The number of ether oxygens (including phenoxy) is 1. The molecule has 150 valence electrons. The summed E-state index contributed by atoms with van der Waals surface area (Å²) in [6.45, 7) is 0.316. The second-order valence-electron chi connectivity index (χ2n) is 6.68. The molecule has 8 nitrogen and oxygen atoms in total. The summed E-state index contributed by atoms with van der Waals surface area (Å²) in [6, 6.07) is 9.35. The van der Waals surface area contributed by atoms with Gasteiger partial charge in [-0.1, -0.05) is 24.3 Å². The van der Waals surface area contributed by atoms with Crippen molar-refractivity contribution in [2.45, 2.75) is 12.5 Å².